The highest BCUT2D eigenvalue weighted by Crippen LogP contribution is 2.46. The van der Waals surface area contributed by atoms with E-state index in [1.165, 1.54) is 0 Å². The molecule has 0 aromatic carbocycles. The van der Waals surface area contributed by atoms with Crippen molar-refractivity contribution >= 4 is 15.9 Å². The summed E-state index contributed by atoms with van der Waals surface area (Å²) in [6.07, 6.45) is 4.69. The highest BCUT2D eigenvalue weighted by molar-refractivity contribution is 9.10. The molecule has 21 heavy (non-hydrogen) atoms. The lowest BCUT2D eigenvalue weighted by Crippen LogP contribution is -2.40. The Kier molecular flexibility index (Phi) is 4.93. The van der Waals surface area contributed by atoms with Crippen LogP contribution in [0.15, 0.2) is 9.27 Å². The third-order valence-electron chi connectivity index (χ3n) is 4.53. The Morgan fingerprint density at radius 2 is 1.86 bits per heavy atom. The number of ether oxygens (including phenoxy) is 1. The molecule has 1 aromatic heterocycles. The van der Waals surface area contributed by atoms with Crippen LogP contribution in [0.25, 0.3) is 0 Å². The molecule has 2 rings (SSSR count). The minimum Gasteiger partial charge on any atom is -0.367 e. The van der Waals surface area contributed by atoms with Crippen LogP contribution in [0.2, 0.25) is 0 Å². The van der Waals surface area contributed by atoms with Crippen LogP contribution in [0.3, 0.4) is 0 Å². The van der Waals surface area contributed by atoms with Gasteiger partial charge in [0.25, 0.3) is 5.56 Å². The molecule has 0 atom stereocenters. The van der Waals surface area contributed by atoms with E-state index in [-0.39, 0.29) is 5.56 Å². The third kappa shape index (κ3) is 3.39. The van der Waals surface area contributed by atoms with Crippen molar-refractivity contribution in [1.29, 1.82) is 0 Å². The molecule has 1 aromatic rings. The second kappa shape index (κ2) is 6.21. The highest BCUT2D eigenvalue weighted by Gasteiger charge is 2.42. The smallest absolute Gasteiger partial charge is 0.265 e. The molecule has 1 heterocycles. The van der Waals surface area contributed by atoms with Crippen LogP contribution in [-0.4, -0.2) is 16.6 Å². The molecule has 4 nitrogen and oxygen atoms in total. The normalized spacial score (nSPS) is 20.4. The average molecular weight is 357 g/mol. The SMILES string of the molecule is CCOC1(c2nc(CC)c(Br)c(=O)[nH]2)CCC(C)(C)CC1. The number of aromatic nitrogens is 2. The first-order chi connectivity index (χ1) is 9.83. The molecule has 118 valence electrons. The summed E-state index contributed by atoms with van der Waals surface area (Å²) in [5, 5.41) is 0. The molecule has 0 unspecified atom stereocenters. The minimum absolute atomic E-state index is 0.110. The molecule has 1 aliphatic carbocycles. The van der Waals surface area contributed by atoms with Gasteiger partial charge in [0.2, 0.25) is 0 Å². The average Bonchev–Trinajstić information content (AvgIpc) is 2.44. The van der Waals surface area contributed by atoms with Gasteiger partial charge < -0.3 is 9.72 Å². The van der Waals surface area contributed by atoms with Gasteiger partial charge in [0.1, 0.15) is 15.9 Å². The Morgan fingerprint density at radius 1 is 1.24 bits per heavy atom. The fourth-order valence-electron chi connectivity index (χ4n) is 3.01. The highest BCUT2D eigenvalue weighted by atomic mass is 79.9. The van der Waals surface area contributed by atoms with E-state index in [0.29, 0.717) is 22.3 Å². The zero-order valence-corrected chi connectivity index (χ0v) is 15.0. The lowest BCUT2D eigenvalue weighted by Gasteiger charge is -2.42. The zero-order chi connectivity index (χ0) is 15.7. The summed E-state index contributed by atoms with van der Waals surface area (Å²) in [4.78, 5) is 19.8. The molecule has 0 spiro atoms. The minimum atomic E-state index is -0.436. The molecular weight excluding hydrogens is 332 g/mol. The molecule has 1 aliphatic rings. The van der Waals surface area contributed by atoms with Gasteiger partial charge in [-0.1, -0.05) is 20.8 Å². The van der Waals surface area contributed by atoms with Crippen LogP contribution in [0.4, 0.5) is 0 Å². The number of aryl methyl sites for hydroxylation is 1. The van der Waals surface area contributed by atoms with Gasteiger partial charge in [0, 0.05) is 6.61 Å². The van der Waals surface area contributed by atoms with Crippen LogP contribution in [-0.2, 0) is 16.8 Å². The number of rotatable bonds is 4. The van der Waals surface area contributed by atoms with Gasteiger partial charge in [-0.05, 0) is 60.4 Å². The van der Waals surface area contributed by atoms with E-state index in [4.69, 9.17) is 4.74 Å². The van der Waals surface area contributed by atoms with E-state index in [1.54, 1.807) is 0 Å². The number of hydrogen-bond acceptors (Lipinski definition) is 3. The second-order valence-electron chi connectivity index (χ2n) is 6.62. The van der Waals surface area contributed by atoms with E-state index in [1.807, 2.05) is 13.8 Å². The largest absolute Gasteiger partial charge is 0.367 e. The van der Waals surface area contributed by atoms with E-state index in [2.05, 4.69) is 39.7 Å². The number of hydrogen-bond donors (Lipinski definition) is 1. The van der Waals surface area contributed by atoms with Crippen LogP contribution < -0.4 is 5.56 Å². The summed E-state index contributed by atoms with van der Waals surface area (Å²) >= 11 is 3.33. The van der Waals surface area contributed by atoms with Crippen molar-refractivity contribution in [3.05, 3.63) is 26.3 Å². The Bertz CT molecular complexity index is 556. The van der Waals surface area contributed by atoms with Crippen molar-refractivity contribution in [3.63, 3.8) is 0 Å². The van der Waals surface area contributed by atoms with Gasteiger partial charge in [-0.3, -0.25) is 4.79 Å². The Hall–Kier alpha value is -0.680. The quantitative estimate of drug-likeness (QED) is 0.888. The van der Waals surface area contributed by atoms with Gasteiger partial charge in [0.05, 0.1) is 5.69 Å². The molecule has 0 amide bonds. The summed E-state index contributed by atoms with van der Waals surface area (Å²) in [6, 6.07) is 0. The summed E-state index contributed by atoms with van der Waals surface area (Å²) in [7, 11) is 0. The zero-order valence-electron chi connectivity index (χ0n) is 13.4. The van der Waals surface area contributed by atoms with Gasteiger partial charge in [-0.15, -0.1) is 0 Å². The molecule has 1 N–H and O–H groups in total. The van der Waals surface area contributed by atoms with Gasteiger partial charge in [0.15, 0.2) is 0 Å². The second-order valence-corrected chi connectivity index (χ2v) is 7.41. The lowest BCUT2D eigenvalue weighted by molar-refractivity contribution is -0.0950. The lowest BCUT2D eigenvalue weighted by atomic mass is 9.70. The molecule has 1 saturated carbocycles. The van der Waals surface area contributed by atoms with Gasteiger partial charge >= 0.3 is 0 Å². The summed E-state index contributed by atoms with van der Waals surface area (Å²) in [5.74, 6) is 0.699. The van der Waals surface area contributed by atoms with Crippen molar-refractivity contribution in [1.82, 2.24) is 9.97 Å². The summed E-state index contributed by atoms with van der Waals surface area (Å²) < 4.78 is 6.63. The number of H-pyrrole nitrogens is 1. The molecule has 1 fully saturated rings. The topological polar surface area (TPSA) is 55.0 Å². The van der Waals surface area contributed by atoms with Crippen LogP contribution in [0.1, 0.15) is 64.9 Å². The van der Waals surface area contributed by atoms with Crippen LogP contribution in [0.5, 0.6) is 0 Å². The molecule has 0 aliphatic heterocycles. The fourth-order valence-corrected chi connectivity index (χ4v) is 3.48. The van der Waals surface area contributed by atoms with E-state index >= 15 is 0 Å². The van der Waals surface area contributed by atoms with Crippen molar-refractivity contribution in [2.24, 2.45) is 5.41 Å². The van der Waals surface area contributed by atoms with Gasteiger partial charge in [-0.2, -0.15) is 0 Å². The first kappa shape index (κ1) is 16.7. The first-order valence-corrected chi connectivity index (χ1v) is 8.56. The predicted molar refractivity (Wildman–Crippen MR) is 87.5 cm³/mol. The maximum Gasteiger partial charge on any atom is 0.265 e. The summed E-state index contributed by atoms with van der Waals surface area (Å²) in [5.41, 5.74) is 0.594. The van der Waals surface area contributed by atoms with E-state index < -0.39 is 5.60 Å². The Labute approximate surface area is 134 Å². The molecule has 0 saturated heterocycles. The van der Waals surface area contributed by atoms with Crippen LogP contribution in [0, 0.1) is 5.41 Å². The van der Waals surface area contributed by atoms with Crippen molar-refractivity contribution in [2.45, 2.75) is 65.4 Å². The first-order valence-electron chi connectivity index (χ1n) is 7.77. The van der Waals surface area contributed by atoms with Crippen LogP contribution >= 0.6 is 15.9 Å². The monoisotopic (exact) mass is 356 g/mol. The van der Waals surface area contributed by atoms with E-state index in [9.17, 15) is 4.79 Å². The number of halogens is 1. The van der Waals surface area contributed by atoms with Crippen molar-refractivity contribution in [2.75, 3.05) is 6.61 Å². The predicted octanol–water partition coefficient (Wildman–Crippen LogP) is 3.93. The maximum atomic E-state index is 12.1. The van der Waals surface area contributed by atoms with Gasteiger partial charge in [-0.25, -0.2) is 4.98 Å². The van der Waals surface area contributed by atoms with E-state index in [0.717, 1.165) is 37.8 Å². The maximum absolute atomic E-state index is 12.1. The standard InChI is InChI=1S/C16H25BrN2O2/c1-5-11-12(17)13(20)19-14(18-11)16(21-6-2)9-7-15(3,4)8-10-16/h5-10H2,1-4H3,(H,18,19,20). The van der Waals surface area contributed by atoms with Crippen molar-refractivity contribution < 1.29 is 4.74 Å². The third-order valence-corrected chi connectivity index (χ3v) is 5.35. The fraction of sp³-hybridized carbons (Fsp3) is 0.750. The summed E-state index contributed by atoms with van der Waals surface area (Å²) in [6.45, 7) is 9.21. The molecule has 0 radical (unpaired) electrons. The molecule has 5 heteroatoms. The Balaban J connectivity index is 2.44. The molecular formula is C16H25BrN2O2. The molecule has 0 bridgehead atoms. The number of nitrogens with one attached hydrogen (secondary N) is 1. The van der Waals surface area contributed by atoms with Crippen molar-refractivity contribution in [3.8, 4) is 0 Å². The Morgan fingerprint density at radius 3 is 2.38 bits per heavy atom. The number of nitrogens with zero attached hydrogens (tertiary/aromatic N) is 1. The number of aromatic amines is 1.